The highest BCUT2D eigenvalue weighted by Crippen LogP contribution is 2.36. The maximum atomic E-state index is 12.6. The lowest BCUT2D eigenvalue weighted by Gasteiger charge is -2.06. The van der Waals surface area contributed by atoms with E-state index < -0.39 is 10.9 Å². The van der Waals surface area contributed by atoms with Crippen molar-refractivity contribution in [1.82, 2.24) is 0 Å². The van der Waals surface area contributed by atoms with Crippen LogP contribution in [0.3, 0.4) is 0 Å². The number of fused-ring (bicyclic) bond motifs is 1. The van der Waals surface area contributed by atoms with Gasteiger partial charge in [-0.15, -0.1) is 0 Å². The van der Waals surface area contributed by atoms with Gasteiger partial charge in [-0.1, -0.05) is 35.3 Å². The molecular weight excluding hydrogens is 445 g/mol. The molecule has 0 fully saturated rings. The van der Waals surface area contributed by atoms with Crippen LogP contribution in [0.25, 0.3) is 6.08 Å². The summed E-state index contributed by atoms with van der Waals surface area (Å²) in [5.41, 5.74) is 0.828. The highest BCUT2D eigenvalue weighted by atomic mass is 35.5. The molecular formula is C22H11Cl2NO6. The van der Waals surface area contributed by atoms with Gasteiger partial charge in [0.2, 0.25) is 5.78 Å². The van der Waals surface area contributed by atoms with Crippen LogP contribution in [0, 0.1) is 10.1 Å². The summed E-state index contributed by atoms with van der Waals surface area (Å²) < 4.78 is 10.9. The molecule has 0 radical (unpaired) electrons. The molecule has 1 heterocycles. The van der Waals surface area contributed by atoms with E-state index >= 15 is 0 Å². The molecule has 0 saturated heterocycles. The van der Waals surface area contributed by atoms with Crippen LogP contribution in [0.4, 0.5) is 5.69 Å². The number of halogens is 2. The van der Waals surface area contributed by atoms with Crippen molar-refractivity contribution in [3.8, 4) is 11.5 Å². The van der Waals surface area contributed by atoms with Gasteiger partial charge in [0.15, 0.2) is 5.76 Å². The number of carbonyl (C=O) groups is 2. The summed E-state index contributed by atoms with van der Waals surface area (Å²) in [4.78, 5) is 35.1. The number of nitro groups is 1. The van der Waals surface area contributed by atoms with Crippen molar-refractivity contribution in [2.24, 2.45) is 0 Å². The molecule has 0 atom stereocenters. The number of benzene rings is 3. The first-order valence-electron chi connectivity index (χ1n) is 8.82. The second-order valence-corrected chi connectivity index (χ2v) is 7.22. The van der Waals surface area contributed by atoms with E-state index in [2.05, 4.69) is 0 Å². The van der Waals surface area contributed by atoms with Gasteiger partial charge in [0.25, 0.3) is 5.69 Å². The number of carbonyl (C=O) groups excluding carboxylic acids is 2. The van der Waals surface area contributed by atoms with E-state index in [-0.39, 0.29) is 34.3 Å². The van der Waals surface area contributed by atoms with Gasteiger partial charge in [-0.3, -0.25) is 14.9 Å². The number of nitrogens with zero attached hydrogens (tertiary/aromatic N) is 1. The van der Waals surface area contributed by atoms with E-state index in [0.717, 1.165) is 0 Å². The molecule has 3 aromatic rings. The van der Waals surface area contributed by atoms with Crippen LogP contribution in [-0.2, 0) is 0 Å². The van der Waals surface area contributed by atoms with Crippen molar-refractivity contribution in [3.05, 3.63) is 103 Å². The minimum absolute atomic E-state index is 0.0537. The number of nitro benzene ring substituents is 1. The number of Topliss-reactive ketones (excluding diaryl/α,β-unsaturated/α-hetero) is 1. The van der Waals surface area contributed by atoms with Crippen LogP contribution in [-0.4, -0.2) is 16.7 Å². The summed E-state index contributed by atoms with van der Waals surface area (Å²) in [5.74, 6) is -0.627. The third-order valence-electron chi connectivity index (χ3n) is 4.43. The fraction of sp³-hybridized carbons (Fsp3) is 0. The van der Waals surface area contributed by atoms with Crippen molar-refractivity contribution in [1.29, 1.82) is 0 Å². The third kappa shape index (κ3) is 4.14. The van der Waals surface area contributed by atoms with Crippen LogP contribution >= 0.6 is 23.2 Å². The molecule has 0 spiro atoms. The summed E-state index contributed by atoms with van der Waals surface area (Å²) in [7, 11) is 0. The Morgan fingerprint density at radius 1 is 1.06 bits per heavy atom. The van der Waals surface area contributed by atoms with Gasteiger partial charge in [-0.25, -0.2) is 4.79 Å². The molecule has 0 N–H and O–H groups in total. The lowest BCUT2D eigenvalue weighted by Crippen LogP contribution is -2.08. The molecule has 0 unspecified atom stereocenters. The van der Waals surface area contributed by atoms with E-state index in [9.17, 15) is 19.7 Å². The van der Waals surface area contributed by atoms with Crippen LogP contribution in [0.5, 0.6) is 11.5 Å². The van der Waals surface area contributed by atoms with E-state index in [1.807, 2.05) is 0 Å². The van der Waals surface area contributed by atoms with Crippen molar-refractivity contribution in [2.45, 2.75) is 0 Å². The SMILES string of the molecule is O=C(Oc1ccc2c(c1)OC(=Cc1cccc(Cl)c1Cl)C2=O)c1ccc([N+](=O)[O-])cc1. The smallest absolute Gasteiger partial charge is 0.343 e. The van der Waals surface area contributed by atoms with E-state index in [1.165, 1.54) is 48.5 Å². The molecule has 0 aromatic heterocycles. The molecule has 154 valence electrons. The molecule has 0 amide bonds. The van der Waals surface area contributed by atoms with E-state index in [0.29, 0.717) is 21.2 Å². The molecule has 0 bridgehead atoms. The second-order valence-electron chi connectivity index (χ2n) is 6.43. The predicted molar refractivity (Wildman–Crippen MR) is 114 cm³/mol. The monoisotopic (exact) mass is 455 g/mol. The molecule has 9 heteroatoms. The summed E-state index contributed by atoms with van der Waals surface area (Å²) in [6.45, 7) is 0. The summed E-state index contributed by atoms with van der Waals surface area (Å²) in [5, 5.41) is 11.4. The number of rotatable bonds is 4. The molecule has 0 aliphatic carbocycles. The molecule has 31 heavy (non-hydrogen) atoms. The maximum absolute atomic E-state index is 12.6. The van der Waals surface area contributed by atoms with E-state index in [1.54, 1.807) is 18.2 Å². The molecule has 4 rings (SSSR count). The fourth-order valence-corrected chi connectivity index (χ4v) is 3.25. The van der Waals surface area contributed by atoms with Gasteiger partial charge < -0.3 is 9.47 Å². The quantitative estimate of drug-likeness (QED) is 0.163. The van der Waals surface area contributed by atoms with Gasteiger partial charge in [-0.2, -0.15) is 0 Å². The molecule has 3 aromatic carbocycles. The Kier molecular flexibility index (Phi) is 5.46. The molecule has 1 aliphatic heterocycles. The number of hydrogen-bond donors (Lipinski definition) is 0. The molecule has 7 nitrogen and oxygen atoms in total. The Morgan fingerprint density at radius 3 is 2.52 bits per heavy atom. The zero-order chi connectivity index (χ0) is 22.1. The highest BCUT2D eigenvalue weighted by molar-refractivity contribution is 6.43. The number of ether oxygens (including phenoxy) is 2. The Balaban J connectivity index is 1.54. The average molecular weight is 456 g/mol. The van der Waals surface area contributed by atoms with Crippen molar-refractivity contribution in [2.75, 3.05) is 0 Å². The zero-order valence-electron chi connectivity index (χ0n) is 15.5. The van der Waals surface area contributed by atoms with Crippen LogP contribution < -0.4 is 9.47 Å². The van der Waals surface area contributed by atoms with E-state index in [4.69, 9.17) is 32.7 Å². The fourth-order valence-electron chi connectivity index (χ4n) is 2.89. The average Bonchev–Trinajstić information content (AvgIpc) is 3.06. The molecule has 1 aliphatic rings. The minimum atomic E-state index is -0.708. The lowest BCUT2D eigenvalue weighted by atomic mass is 10.1. The van der Waals surface area contributed by atoms with Crippen LogP contribution in [0.1, 0.15) is 26.3 Å². The molecule has 0 saturated carbocycles. The first kappa shape index (κ1) is 20.6. The Hall–Kier alpha value is -3.68. The van der Waals surface area contributed by atoms with Gasteiger partial charge in [0.1, 0.15) is 11.5 Å². The van der Waals surface area contributed by atoms with Gasteiger partial charge >= 0.3 is 5.97 Å². The Morgan fingerprint density at radius 2 is 1.81 bits per heavy atom. The number of non-ortho nitro benzene ring substituents is 1. The standard InChI is InChI=1S/C22H11Cl2NO6/c23-17-3-1-2-13(20(17)24)10-19-21(26)16-9-8-15(11-18(16)31-19)30-22(27)12-4-6-14(7-5-12)25(28)29/h1-11H. The number of esters is 1. The topological polar surface area (TPSA) is 95.7 Å². The first-order chi connectivity index (χ1) is 14.8. The summed E-state index contributed by atoms with van der Waals surface area (Å²) in [6, 6.07) is 14.4. The summed E-state index contributed by atoms with van der Waals surface area (Å²) >= 11 is 12.2. The number of ketones is 1. The Labute approximate surface area is 185 Å². The highest BCUT2D eigenvalue weighted by Gasteiger charge is 2.28. The van der Waals surface area contributed by atoms with Crippen molar-refractivity contribution < 1.29 is 24.0 Å². The van der Waals surface area contributed by atoms with Gasteiger partial charge in [-0.05, 0) is 42.0 Å². The van der Waals surface area contributed by atoms with Crippen molar-refractivity contribution in [3.63, 3.8) is 0 Å². The summed E-state index contributed by atoms with van der Waals surface area (Å²) in [6.07, 6.45) is 1.49. The third-order valence-corrected chi connectivity index (χ3v) is 5.27. The van der Waals surface area contributed by atoms with Gasteiger partial charge in [0, 0.05) is 18.2 Å². The predicted octanol–water partition coefficient (Wildman–Crippen LogP) is 5.74. The lowest BCUT2D eigenvalue weighted by molar-refractivity contribution is -0.384. The maximum Gasteiger partial charge on any atom is 0.343 e. The number of hydrogen-bond acceptors (Lipinski definition) is 6. The van der Waals surface area contributed by atoms with Gasteiger partial charge in [0.05, 0.1) is 26.1 Å². The zero-order valence-corrected chi connectivity index (χ0v) is 17.0. The largest absolute Gasteiger partial charge is 0.452 e. The van der Waals surface area contributed by atoms with Crippen LogP contribution in [0.2, 0.25) is 10.0 Å². The normalized spacial score (nSPS) is 13.6. The first-order valence-corrected chi connectivity index (χ1v) is 9.58. The minimum Gasteiger partial charge on any atom is -0.452 e. The second kappa shape index (κ2) is 8.22. The van der Waals surface area contributed by atoms with Crippen molar-refractivity contribution >= 4 is 46.7 Å². The number of allylic oxidation sites excluding steroid dienone is 1. The van der Waals surface area contributed by atoms with Crippen LogP contribution in [0.15, 0.2) is 66.4 Å². The Bertz CT molecular complexity index is 1270.